The zero-order valence-electron chi connectivity index (χ0n) is 85.5. The van der Waals surface area contributed by atoms with Gasteiger partial charge in [0.2, 0.25) is 0 Å². The van der Waals surface area contributed by atoms with Crippen LogP contribution in [0.2, 0.25) is 0 Å². The van der Waals surface area contributed by atoms with E-state index in [1.165, 1.54) is 83.5 Å². The van der Waals surface area contributed by atoms with Crippen LogP contribution in [0.1, 0.15) is 340 Å². The zero-order valence-corrected chi connectivity index (χ0v) is 76.5. The molecular formula is C111H156. The summed E-state index contributed by atoms with van der Waals surface area (Å²) in [5.41, 5.74) is 27.7. The molecule has 0 unspecified atom stereocenters. The predicted octanol–water partition coefficient (Wildman–Crippen LogP) is 33.4. The van der Waals surface area contributed by atoms with Crippen molar-refractivity contribution in [2.75, 3.05) is 0 Å². The van der Waals surface area contributed by atoms with Gasteiger partial charge in [0.1, 0.15) is 0 Å². The Morgan fingerprint density at radius 3 is 0.883 bits per heavy atom. The van der Waals surface area contributed by atoms with E-state index < -0.39 is 31.4 Å². The van der Waals surface area contributed by atoms with E-state index in [0.29, 0.717) is 16.7 Å². The third-order valence-corrected chi connectivity index (χ3v) is 19.5. The Bertz CT molecular complexity index is 4660. The lowest BCUT2D eigenvalue weighted by molar-refractivity contribution is 0.521. The lowest BCUT2D eigenvalue weighted by Crippen LogP contribution is -2.24. The monoisotopic (exact) mass is 1500 g/mol. The maximum atomic E-state index is 8.50. The van der Waals surface area contributed by atoms with Crippen LogP contribution in [0.4, 0.5) is 0 Å². The topological polar surface area (TPSA) is 0 Å². The number of rotatable bonds is 9. The number of hydrogen-bond donors (Lipinski definition) is 0. The molecule has 0 bridgehead atoms. The molecule has 0 heterocycles. The van der Waals surface area contributed by atoms with E-state index >= 15 is 0 Å². The molecule has 0 aliphatic heterocycles. The van der Waals surface area contributed by atoms with Gasteiger partial charge in [-0.3, -0.25) is 0 Å². The Balaban J connectivity index is 0.000000297. The Morgan fingerprint density at radius 2 is 0.550 bits per heavy atom. The van der Waals surface area contributed by atoms with Crippen LogP contribution >= 0.6 is 0 Å². The number of aryl methyl sites for hydroxylation is 5. The van der Waals surface area contributed by atoms with Crippen LogP contribution in [-0.4, -0.2) is 0 Å². The molecule has 0 nitrogen and oxygen atoms in total. The van der Waals surface area contributed by atoms with Crippen molar-refractivity contribution < 1.29 is 12.3 Å². The summed E-state index contributed by atoms with van der Waals surface area (Å²) in [6.45, 7) is 74.7. The fourth-order valence-electron chi connectivity index (χ4n) is 15.4. The van der Waals surface area contributed by atoms with Crippen molar-refractivity contribution in [1.29, 1.82) is 0 Å². The Hall–Kier alpha value is -7.80. The summed E-state index contributed by atoms with van der Waals surface area (Å²) in [6, 6.07) is 77.4. The van der Waals surface area contributed by atoms with Gasteiger partial charge in [-0.15, -0.1) is 0 Å². The third-order valence-electron chi connectivity index (χ3n) is 19.5. The number of benzene rings is 10. The van der Waals surface area contributed by atoms with Crippen molar-refractivity contribution in [3.8, 4) is 33.4 Å². The van der Waals surface area contributed by atoms with Crippen molar-refractivity contribution in [3.05, 3.63) is 319 Å². The van der Waals surface area contributed by atoms with Crippen molar-refractivity contribution in [3.63, 3.8) is 0 Å². The summed E-state index contributed by atoms with van der Waals surface area (Å²) in [4.78, 5) is 0. The van der Waals surface area contributed by atoms with E-state index in [2.05, 4.69) is 347 Å². The highest BCUT2D eigenvalue weighted by molar-refractivity contribution is 5.80. The van der Waals surface area contributed by atoms with Gasteiger partial charge in [-0.2, -0.15) is 0 Å². The first kappa shape index (κ1) is 81.2. The molecule has 0 aromatic heterocycles. The van der Waals surface area contributed by atoms with E-state index in [1.807, 2.05) is 108 Å². The second-order valence-electron chi connectivity index (χ2n) is 39.7. The molecule has 0 aliphatic carbocycles. The van der Waals surface area contributed by atoms with Crippen LogP contribution in [0.5, 0.6) is 0 Å². The zero-order chi connectivity index (χ0) is 92.1. The molecule has 0 heteroatoms. The van der Waals surface area contributed by atoms with Crippen LogP contribution in [0.25, 0.3) is 33.4 Å². The van der Waals surface area contributed by atoms with E-state index in [0.717, 1.165) is 27.8 Å². The summed E-state index contributed by atoms with van der Waals surface area (Å²) in [5, 5.41) is 0. The summed E-state index contributed by atoms with van der Waals surface area (Å²) in [5.74, 6) is -1.41. The summed E-state index contributed by atoms with van der Waals surface area (Å²) in [7, 11) is 0. The first-order valence-electron chi connectivity index (χ1n) is 45.4. The normalized spacial score (nSPS) is 13.8. The van der Waals surface area contributed by atoms with Crippen LogP contribution < -0.4 is 0 Å². The molecular weight excluding hydrogens is 1330 g/mol. The minimum atomic E-state index is -2.01. The fraction of sp³-hybridized carbons (Fsp3) is 0.459. The first-order valence-corrected chi connectivity index (χ1v) is 40.9. The maximum Gasteiger partial charge on any atom is 0.0347 e. The SMILES string of the molecule is CC(C)(C)c1c(-c2ccccc2)cccc1-c1ccccc1.CC(C)(C)c1ccccc1-c1ccccc1.Cc1cccc(C)c1C(C)(C)C.[2H]C(C)(C)c1cccc(C(C)(C)C)c1C(C)(C)C.[2H]C(C)(C)c1ccccc1C(C)(C)C.[2H]C([2H])([2H])c1cc(C)c(C(C)(C)C)c(C)c1.[2H]C([2H])(c1cccc(C([2H])([2H])C(C)C)c1C(C)(C)C)C(C)C. The van der Waals surface area contributed by atoms with Crippen molar-refractivity contribution in [2.45, 2.75) is 324 Å². The maximum absolute atomic E-state index is 8.50. The van der Waals surface area contributed by atoms with E-state index in [-0.39, 0.29) is 55.2 Å². The average Bonchev–Trinajstić information content (AvgIpc) is 0.751. The molecule has 0 saturated heterocycles. The van der Waals surface area contributed by atoms with Gasteiger partial charge in [0.15, 0.2) is 0 Å². The van der Waals surface area contributed by atoms with Gasteiger partial charge in [-0.1, -0.05) is 452 Å². The number of hydrogen-bond acceptors (Lipinski definition) is 0. The lowest BCUT2D eigenvalue weighted by atomic mass is 9.71. The van der Waals surface area contributed by atoms with Crippen LogP contribution in [-0.2, 0) is 56.1 Å². The van der Waals surface area contributed by atoms with Gasteiger partial charge >= 0.3 is 0 Å². The molecule has 111 heavy (non-hydrogen) atoms. The molecule has 0 spiro atoms. The highest BCUT2D eigenvalue weighted by Crippen LogP contribution is 2.43. The molecule has 0 radical (unpaired) electrons. The Morgan fingerprint density at radius 1 is 0.261 bits per heavy atom. The Kier molecular flexibility index (Phi) is 29.8. The fourth-order valence-corrected chi connectivity index (χ4v) is 15.4. The molecule has 10 rings (SSSR count). The molecule has 0 atom stereocenters. The summed E-state index contributed by atoms with van der Waals surface area (Å²) >= 11 is 0. The van der Waals surface area contributed by atoms with Gasteiger partial charge in [0, 0.05) is 12.3 Å². The van der Waals surface area contributed by atoms with Gasteiger partial charge < -0.3 is 0 Å². The quantitative estimate of drug-likeness (QED) is 0.135. The van der Waals surface area contributed by atoms with Gasteiger partial charge in [0.25, 0.3) is 0 Å². The molecule has 0 N–H and O–H groups in total. The van der Waals surface area contributed by atoms with Crippen LogP contribution in [0.15, 0.2) is 224 Å². The minimum Gasteiger partial charge on any atom is -0.0625 e. The molecule has 0 fully saturated rings. The average molecular weight is 1500 g/mol. The lowest BCUT2D eigenvalue weighted by Gasteiger charge is -2.33. The van der Waals surface area contributed by atoms with Crippen molar-refractivity contribution >= 4 is 0 Å². The summed E-state index contributed by atoms with van der Waals surface area (Å²) in [6.07, 6.45) is -2.96. The highest BCUT2D eigenvalue weighted by Gasteiger charge is 2.30. The molecule has 0 amide bonds. The summed E-state index contributed by atoms with van der Waals surface area (Å²) < 4.78 is 72.7. The minimum absolute atomic E-state index is 0.0570. The van der Waals surface area contributed by atoms with Crippen molar-refractivity contribution in [1.82, 2.24) is 0 Å². The third kappa shape index (κ3) is 29.6. The van der Waals surface area contributed by atoms with E-state index in [4.69, 9.17) is 12.3 Å². The van der Waals surface area contributed by atoms with E-state index in [1.54, 1.807) is 18.2 Å². The van der Waals surface area contributed by atoms with Gasteiger partial charge in [-0.05, 0) is 237 Å². The van der Waals surface area contributed by atoms with Crippen LogP contribution in [0.3, 0.4) is 0 Å². The molecule has 600 valence electrons. The van der Waals surface area contributed by atoms with Crippen LogP contribution in [0, 0.1) is 46.4 Å². The molecule has 0 saturated carbocycles. The largest absolute Gasteiger partial charge is 0.0625 e. The first-order chi connectivity index (χ1) is 54.4. The smallest absolute Gasteiger partial charge is 0.0347 e. The standard InChI is InChI=1S/C22H22.C18H30.C17H28.C16H18.2C13H20.C12H18/c1-22(2,3)21-19(17-11-6-4-7-12-17)15-10-16-20(21)18-13-8-5-9-14-18;1-13(2)11-15-9-8-10-16(12-14(3)4)17(15)18(5,6)7;1-12(2)13-10-9-11-14(16(3,4)5)15(13)17(6,7)8;1-16(2,3)15-12-8-7-11-14(15)13-9-5-4-6-10-13;1-9-7-10(2)12(11(3)8-9)13(4,5)6;1-10(2)11-8-6-7-9-12(11)13(3,4)5;1-9-7-6-8-10(2)11(9)12(3,4)5/h4-16H,1-3H3;8-10,13-14H,11-12H2,1-7H3;9-12H,1-8H3;4-12H,1-3H3;7-8H,1-6H3;6-10H,1-5H3;6-8H,1-5H3/i;11D2,12D2;12D;;1D3;10D;. The second kappa shape index (κ2) is 40.8. The molecule has 10 aromatic carbocycles. The second-order valence-corrected chi connectivity index (χ2v) is 39.7. The Labute approximate surface area is 696 Å². The molecule has 10 aromatic rings. The predicted molar refractivity (Wildman–Crippen MR) is 500 cm³/mol. The van der Waals surface area contributed by atoms with Gasteiger partial charge in [-0.25, -0.2) is 0 Å². The molecule has 0 aliphatic rings. The van der Waals surface area contributed by atoms with E-state index in [9.17, 15) is 0 Å². The van der Waals surface area contributed by atoms with Crippen molar-refractivity contribution in [2.24, 2.45) is 11.8 Å². The van der Waals surface area contributed by atoms with Gasteiger partial charge in [0.05, 0.1) is 0 Å². The highest BCUT2D eigenvalue weighted by atomic mass is 14.3.